The summed E-state index contributed by atoms with van der Waals surface area (Å²) in [6, 6.07) is 21.9. The normalized spacial score (nSPS) is 10.7. The van der Waals surface area contributed by atoms with Gasteiger partial charge in [-0.25, -0.2) is 4.98 Å². The van der Waals surface area contributed by atoms with E-state index in [0.29, 0.717) is 11.6 Å². The number of hydrogen-bond donors (Lipinski definition) is 0. The molecule has 0 aliphatic carbocycles. The maximum Gasteiger partial charge on any atom is 0.310 e. The number of benzene rings is 2. The Bertz CT molecular complexity index is 1010. The van der Waals surface area contributed by atoms with E-state index < -0.39 is 0 Å². The summed E-state index contributed by atoms with van der Waals surface area (Å²) < 4.78 is 10.7. The van der Waals surface area contributed by atoms with E-state index in [1.807, 2.05) is 60.0 Å². The molecule has 134 valence electrons. The zero-order chi connectivity index (χ0) is 18.5. The van der Waals surface area contributed by atoms with Crippen LogP contribution in [0, 0.1) is 0 Å². The van der Waals surface area contributed by atoms with E-state index in [-0.39, 0.29) is 19.0 Å². The molecule has 0 radical (unpaired) electrons. The van der Waals surface area contributed by atoms with Crippen LogP contribution in [0.25, 0.3) is 21.9 Å². The molecule has 0 spiro atoms. The Labute approximate surface area is 161 Å². The van der Waals surface area contributed by atoms with Crippen molar-refractivity contribution < 1.29 is 13.9 Å². The zero-order valence-corrected chi connectivity index (χ0v) is 15.3. The SMILES string of the molecule is O=C(Cc1ccc(-c2ccccc2)cc1)OCc1coc(-c2cccs2)n1. The molecular weight excluding hydrogens is 358 g/mol. The molecular formula is C22H17NO3S. The molecule has 0 aliphatic heterocycles. The van der Waals surface area contributed by atoms with Crippen LogP contribution in [0.1, 0.15) is 11.3 Å². The Kier molecular flexibility index (Phi) is 5.12. The molecule has 0 unspecified atom stereocenters. The van der Waals surface area contributed by atoms with Crippen molar-refractivity contribution in [2.24, 2.45) is 0 Å². The number of carbonyl (C=O) groups is 1. The first-order valence-electron chi connectivity index (χ1n) is 8.56. The van der Waals surface area contributed by atoms with Crippen molar-refractivity contribution in [3.05, 3.63) is 89.6 Å². The molecule has 0 saturated heterocycles. The van der Waals surface area contributed by atoms with Crippen molar-refractivity contribution >= 4 is 17.3 Å². The summed E-state index contributed by atoms with van der Waals surface area (Å²) in [7, 11) is 0. The lowest BCUT2D eigenvalue weighted by atomic mass is 10.0. The van der Waals surface area contributed by atoms with Crippen LogP contribution in [0.2, 0.25) is 0 Å². The minimum atomic E-state index is -0.289. The van der Waals surface area contributed by atoms with Crippen molar-refractivity contribution in [3.63, 3.8) is 0 Å². The highest BCUT2D eigenvalue weighted by Gasteiger charge is 2.10. The zero-order valence-electron chi connectivity index (χ0n) is 14.5. The van der Waals surface area contributed by atoms with E-state index in [9.17, 15) is 4.79 Å². The molecule has 0 amide bonds. The summed E-state index contributed by atoms with van der Waals surface area (Å²) in [6.45, 7) is 0.107. The minimum absolute atomic E-state index is 0.107. The molecule has 2 aromatic carbocycles. The maximum atomic E-state index is 12.1. The summed E-state index contributed by atoms with van der Waals surface area (Å²) in [5, 5.41) is 1.96. The van der Waals surface area contributed by atoms with Gasteiger partial charge in [-0.1, -0.05) is 60.7 Å². The molecule has 4 aromatic rings. The van der Waals surface area contributed by atoms with Crippen LogP contribution in [-0.2, 0) is 22.6 Å². The predicted octanol–water partition coefficient (Wildman–Crippen LogP) is 5.36. The lowest BCUT2D eigenvalue weighted by molar-refractivity contribution is -0.144. The fourth-order valence-electron chi connectivity index (χ4n) is 2.70. The molecule has 5 heteroatoms. The highest BCUT2D eigenvalue weighted by Crippen LogP contribution is 2.24. The van der Waals surface area contributed by atoms with Gasteiger partial charge in [-0.2, -0.15) is 0 Å². The third kappa shape index (κ3) is 4.33. The number of ether oxygens (including phenoxy) is 1. The molecule has 27 heavy (non-hydrogen) atoms. The van der Waals surface area contributed by atoms with E-state index in [0.717, 1.165) is 21.6 Å². The van der Waals surface area contributed by atoms with Gasteiger partial charge >= 0.3 is 5.97 Å². The van der Waals surface area contributed by atoms with Gasteiger partial charge < -0.3 is 9.15 Å². The molecule has 0 fully saturated rings. The van der Waals surface area contributed by atoms with Crippen molar-refractivity contribution in [2.45, 2.75) is 13.0 Å². The van der Waals surface area contributed by atoms with Crippen molar-refractivity contribution in [1.29, 1.82) is 0 Å². The number of rotatable bonds is 6. The fourth-order valence-corrected chi connectivity index (χ4v) is 3.36. The Morgan fingerprint density at radius 2 is 1.74 bits per heavy atom. The average Bonchev–Trinajstić information content (AvgIpc) is 3.39. The lowest BCUT2D eigenvalue weighted by Crippen LogP contribution is -2.08. The summed E-state index contributed by atoms with van der Waals surface area (Å²) in [5.74, 6) is 0.260. The second-order valence-corrected chi connectivity index (χ2v) is 6.97. The van der Waals surface area contributed by atoms with Gasteiger partial charge in [0.15, 0.2) is 0 Å². The van der Waals surface area contributed by atoms with Crippen LogP contribution in [0.5, 0.6) is 0 Å². The first-order valence-corrected chi connectivity index (χ1v) is 9.44. The van der Waals surface area contributed by atoms with Crippen molar-refractivity contribution in [3.8, 4) is 21.9 Å². The molecule has 0 saturated carbocycles. The predicted molar refractivity (Wildman–Crippen MR) is 105 cm³/mol. The lowest BCUT2D eigenvalue weighted by Gasteiger charge is -2.05. The number of thiophene rings is 1. The topological polar surface area (TPSA) is 52.3 Å². The second kappa shape index (κ2) is 8.01. The Morgan fingerprint density at radius 1 is 0.963 bits per heavy atom. The van der Waals surface area contributed by atoms with Gasteiger partial charge in [0.25, 0.3) is 0 Å². The largest absolute Gasteiger partial charge is 0.459 e. The van der Waals surface area contributed by atoms with Crippen LogP contribution >= 0.6 is 11.3 Å². The molecule has 2 aromatic heterocycles. The van der Waals surface area contributed by atoms with Crippen LogP contribution in [-0.4, -0.2) is 11.0 Å². The van der Waals surface area contributed by atoms with Crippen LogP contribution < -0.4 is 0 Å². The third-order valence-electron chi connectivity index (χ3n) is 4.07. The van der Waals surface area contributed by atoms with Crippen molar-refractivity contribution in [1.82, 2.24) is 4.98 Å². The molecule has 0 bridgehead atoms. The minimum Gasteiger partial charge on any atom is -0.459 e. The third-order valence-corrected chi connectivity index (χ3v) is 4.93. The second-order valence-electron chi connectivity index (χ2n) is 6.02. The number of oxazole rings is 1. The number of hydrogen-bond acceptors (Lipinski definition) is 5. The van der Waals surface area contributed by atoms with Crippen LogP contribution in [0.15, 0.2) is 82.8 Å². The maximum absolute atomic E-state index is 12.1. The number of esters is 1. The quantitative estimate of drug-likeness (QED) is 0.426. The molecule has 0 atom stereocenters. The molecule has 0 aliphatic rings. The van der Waals surface area contributed by atoms with Gasteiger partial charge in [-0.3, -0.25) is 4.79 Å². The van der Waals surface area contributed by atoms with Crippen LogP contribution in [0.4, 0.5) is 0 Å². The van der Waals surface area contributed by atoms with Gasteiger partial charge in [0, 0.05) is 0 Å². The molecule has 4 nitrogen and oxygen atoms in total. The Balaban J connectivity index is 1.32. The fraction of sp³-hybridized carbons (Fsp3) is 0.0909. The van der Waals surface area contributed by atoms with Crippen LogP contribution in [0.3, 0.4) is 0 Å². The summed E-state index contributed by atoms with van der Waals surface area (Å²) in [6.07, 6.45) is 1.75. The van der Waals surface area contributed by atoms with E-state index in [1.165, 1.54) is 6.26 Å². The number of carbonyl (C=O) groups excluding carboxylic acids is 1. The highest BCUT2D eigenvalue weighted by molar-refractivity contribution is 7.13. The smallest absolute Gasteiger partial charge is 0.310 e. The molecule has 2 heterocycles. The Hall–Kier alpha value is -3.18. The van der Waals surface area contributed by atoms with E-state index in [2.05, 4.69) is 17.1 Å². The first kappa shape index (κ1) is 17.2. The molecule has 4 rings (SSSR count). The molecule has 0 N–H and O–H groups in total. The Morgan fingerprint density at radius 3 is 2.48 bits per heavy atom. The summed E-state index contributed by atoms with van der Waals surface area (Å²) in [4.78, 5) is 17.4. The summed E-state index contributed by atoms with van der Waals surface area (Å²) >= 11 is 1.55. The average molecular weight is 375 g/mol. The standard InChI is InChI=1S/C22H17NO3S/c24-21(25-14-19-15-26-22(23-19)20-7-4-12-27-20)13-16-8-10-18(11-9-16)17-5-2-1-3-6-17/h1-12,15H,13-14H2. The first-order chi connectivity index (χ1) is 13.3. The van der Waals surface area contributed by atoms with Gasteiger partial charge in [0.05, 0.1) is 11.3 Å². The monoisotopic (exact) mass is 375 g/mol. The van der Waals surface area contributed by atoms with Crippen molar-refractivity contribution in [2.75, 3.05) is 0 Å². The number of aromatic nitrogens is 1. The van der Waals surface area contributed by atoms with Gasteiger partial charge in [0.2, 0.25) is 5.89 Å². The highest BCUT2D eigenvalue weighted by atomic mass is 32.1. The van der Waals surface area contributed by atoms with Gasteiger partial charge in [0.1, 0.15) is 18.6 Å². The van der Waals surface area contributed by atoms with E-state index in [1.54, 1.807) is 11.3 Å². The van der Waals surface area contributed by atoms with Gasteiger partial charge in [-0.15, -0.1) is 11.3 Å². The number of nitrogens with zero attached hydrogens (tertiary/aromatic N) is 1. The van der Waals surface area contributed by atoms with E-state index >= 15 is 0 Å². The summed E-state index contributed by atoms with van der Waals surface area (Å²) in [5.41, 5.74) is 3.79. The van der Waals surface area contributed by atoms with E-state index in [4.69, 9.17) is 9.15 Å². The van der Waals surface area contributed by atoms with Gasteiger partial charge in [-0.05, 0) is 28.1 Å².